The van der Waals surface area contributed by atoms with Crippen LogP contribution in [0.1, 0.15) is 37.0 Å². The van der Waals surface area contributed by atoms with Gasteiger partial charge in [-0.25, -0.2) is 0 Å². The van der Waals surface area contributed by atoms with Crippen molar-refractivity contribution in [1.82, 2.24) is 4.90 Å². The lowest BCUT2D eigenvalue weighted by Crippen LogP contribution is -2.54. The first-order valence-corrected chi connectivity index (χ1v) is 7.30. The van der Waals surface area contributed by atoms with Crippen LogP contribution >= 0.6 is 0 Å². The molecule has 0 aromatic heterocycles. The van der Waals surface area contributed by atoms with Gasteiger partial charge in [-0.05, 0) is 51.3 Å². The summed E-state index contributed by atoms with van der Waals surface area (Å²) in [7, 11) is 2.15. The van der Waals surface area contributed by atoms with E-state index in [1.54, 1.807) is 0 Å². The highest BCUT2D eigenvalue weighted by molar-refractivity contribution is 5.31. The van der Waals surface area contributed by atoms with Crippen LogP contribution in [0.25, 0.3) is 0 Å². The van der Waals surface area contributed by atoms with Crippen LogP contribution in [-0.2, 0) is 6.42 Å². The number of benzene rings is 1. The third-order valence-corrected chi connectivity index (χ3v) is 4.88. The maximum absolute atomic E-state index is 11.0. The van der Waals surface area contributed by atoms with Crippen molar-refractivity contribution in [3.63, 3.8) is 0 Å². The lowest BCUT2D eigenvalue weighted by atomic mass is 9.75. The number of aryl methyl sites for hydroxylation is 2. The van der Waals surface area contributed by atoms with Gasteiger partial charge in [0.25, 0.3) is 0 Å². The Morgan fingerprint density at radius 1 is 1.32 bits per heavy atom. The fourth-order valence-electron chi connectivity index (χ4n) is 3.27. The zero-order valence-electron chi connectivity index (χ0n) is 12.9. The molecule has 1 aliphatic rings. The molecule has 1 heterocycles. The zero-order chi connectivity index (χ0) is 14.2. The van der Waals surface area contributed by atoms with Crippen LogP contribution < -0.4 is 0 Å². The number of rotatable bonds is 2. The Kier molecular flexibility index (Phi) is 4.03. The van der Waals surface area contributed by atoms with Crippen molar-refractivity contribution >= 4 is 0 Å². The molecule has 1 aromatic rings. The summed E-state index contributed by atoms with van der Waals surface area (Å²) >= 11 is 0. The highest BCUT2D eigenvalue weighted by Gasteiger charge is 2.41. The Morgan fingerprint density at radius 2 is 2.00 bits per heavy atom. The third kappa shape index (κ3) is 3.01. The highest BCUT2D eigenvalue weighted by Crippen LogP contribution is 2.34. The van der Waals surface area contributed by atoms with Crippen molar-refractivity contribution in [1.29, 1.82) is 0 Å². The standard InChI is InChI=1S/C17H27NO/c1-12-6-7-16(13(2)8-12)10-17(19)9-15(4)18(5)11-14(17)3/h6-8,14-15,19H,9-11H2,1-5H3/t14-,15+,17-/m0/s1. The van der Waals surface area contributed by atoms with E-state index in [1.807, 2.05) is 0 Å². The average Bonchev–Trinajstić information content (AvgIpc) is 2.31. The maximum Gasteiger partial charge on any atom is 0.0740 e. The largest absolute Gasteiger partial charge is 0.389 e. The maximum atomic E-state index is 11.0. The summed E-state index contributed by atoms with van der Waals surface area (Å²) in [6, 6.07) is 6.99. The van der Waals surface area contributed by atoms with Crippen LogP contribution in [-0.4, -0.2) is 35.2 Å². The van der Waals surface area contributed by atoms with Gasteiger partial charge in [0.15, 0.2) is 0 Å². The lowest BCUT2D eigenvalue weighted by molar-refractivity contribution is -0.0778. The lowest BCUT2D eigenvalue weighted by Gasteiger charge is -2.46. The van der Waals surface area contributed by atoms with Gasteiger partial charge in [0.1, 0.15) is 0 Å². The topological polar surface area (TPSA) is 23.5 Å². The predicted octanol–water partition coefficient (Wildman–Crippen LogP) is 2.94. The SMILES string of the molecule is Cc1ccc(C[C@@]2(O)C[C@@H](C)N(C)C[C@@H]2C)c(C)c1. The molecule has 106 valence electrons. The molecule has 0 bridgehead atoms. The first kappa shape index (κ1) is 14.5. The van der Waals surface area contributed by atoms with Gasteiger partial charge in [-0.15, -0.1) is 0 Å². The minimum atomic E-state index is -0.564. The van der Waals surface area contributed by atoms with E-state index in [1.165, 1.54) is 16.7 Å². The van der Waals surface area contributed by atoms with Gasteiger partial charge < -0.3 is 10.0 Å². The number of hydrogen-bond donors (Lipinski definition) is 1. The molecule has 2 heteroatoms. The minimum Gasteiger partial charge on any atom is -0.389 e. The minimum absolute atomic E-state index is 0.314. The van der Waals surface area contributed by atoms with E-state index >= 15 is 0 Å². The Bertz CT molecular complexity index is 457. The van der Waals surface area contributed by atoms with Crippen molar-refractivity contribution < 1.29 is 5.11 Å². The number of hydrogen-bond acceptors (Lipinski definition) is 2. The Balaban J connectivity index is 2.20. The van der Waals surface area contributed by atoms with Crippen LogP contribution in [0.3, 0.4) is 0 Å². The molecular weight excluding hydrogens is 234 g/mol. The highest BCUT2D eigenvalue weighted by atomic mass is 16.3. The van der Waals surface area contributed by atoms with E-state index in [2.05, 4.69) is 57.8 Å². The Morgan fingerprint density at radius 3 is 2.63 bits per heavy atom. The second-order valence-corrected chi connectivity index (χ2v) is 6.60. The molecule has 0 aliphatic carbocycles. The van der Waals surface area contributed by atoms with E-state index in [0.29, 0.717) is 12.0 Å². The van der Waals surface area contributed by atoms with E-state index in [4.69, 9.17) is 0 Å². The van der Waals surface area contributed by atoms with Crippen molar-refractivity contribution in [2.45, 2.75) is 52.2 Å². The first-order valence-electron chi connectivity index (χ1n) is 7.30. The summed E-state index contributed by atoms with van der Waals surface area (Å²) in [6.45, 7) is 9.62. The van der Waals surface area contributed by atoms with E-state index in [-0.39, 0.29) is 0 Å². The average molecular weight is 261 g/mol. The third-order valence-electron chi connectivity index (χ3n) is 4.88. The Labute approximate surface area is 117 Å². The number of piperidine rings is 1. The van der Waals surface area contributed by atoms with E-state index in [9.17, 15) is 5.11 Å². The van der Waals surface area contributed by atoms with Gasteiger partial charge in [-0.1, -0.05) is 30.7 Å². The summed E-state index contributed by atoms with van der Waals surface area (Å²) in [5.41, 5.74) is 3.31. The van der Waals surface area contributed by atoms with Gasteiger partial charge in [0, 0.05) is 19.0 Å². The second kappa shape index (κ2) is 5.26. The molecule has 2 nitrogen and oxygen atoms in total. The quantitative estimate of drug-likeness (QED) is 0.885. The molecule has 1 saturated heterocycles. The fourth-order valence-corrected chi connectivity index (χ4v) is 3.27. The summed E-state index contributed by atoms with van der Waals surface area (Å²) in [5, 5.41) is 11.0. The summed E-state index contributed by atoms with van der Waals surface area (Å²) in [5.74, 6) is 0.314. The van der Waals surface area contributed by atoms with Crippen LogP contribution in [0, 0.1) is 19.8 Å². The molecule has 0 radical (unpaired) electrons. The molecule has 1 fully saturated rings. The van der Waals surface area contributed by atoms with Crippen molar-refractivity contribution in [2.75, 3.05) is 13.6 Å². The van der Waals surface area contributed by atoms with E-state index < -0.39 is 5.60 Å². The van der Waals surface area contributed by atoms with Crippen LogP contribution in [0.5, 0.6) is 0 Å². The summed E-state index contributed by atoms with van der Waals surface area (Å²) in [6.07, 6.45) is 1.64. The number of likely N-dealkylation sites (tertiary alicyclic amines) is 1. The van der Waals surface area contributed by atoms with Gasteiger partial charge >= 0.3 is 0 Å². The van der Waals surface area contributed by atoms with Crippen molar-refractivity contribution in [2.24, 2.45) is 5.92 Å². The predicted molar refractivity (Wildman–Crippen MR) is 80.4 cm³/mol. The smallest absolute Gasteiger partial charge is 0.0740 e. The molecule has 3 atom stereocenters. The van der Waals surface area contributed by atoms with Crippen LogP contribution in [0.15, 0.2) is 18.2 Å². The molecule has 0 spiro atoms. The number of nitrogens with zero attached hydrogens (tertiary/aromatic N) is 1. The van der Waals surface area contributed by atoms with Gasteiger partial charge in [-0.2, -0.15) is 0 Å². The summed E-state index contributed by atoms with van der Waals surface area (Å²) in [4.78, 5) is 2.35. The Hall–Kier alpha value is -0.860. The van der Waals surface area contributed by atoms with Crippen molar-refractivity contribution in [3.8, 4) is 0 Å². The molecule has 2 rings (SSSR count). The monoisotopic (exact) mass is 261 g/mol. The van der Waals surface area contributed by atoms with Crippen molar-refractivity contribution in [3.05, 3.63) is 34.9 Å². The molecular formula is C17H27NO. The molecule has 0 saturated carbocycles. The summed E-state index contributed by atoms with van der Waals surface area (Å²) < 4.78 is 0. The van der Waals surface area contributed by atoms with Crippen LogP contribution in [0.2, 0.25) is 0 Å². The molecule has 1 aromatic carbocycles. The molecule has 0 amide bonds. The van der Waals surface area contributed by atoms with Gasteiger partial charge in [0.05, 0.1) is 5.60 Å². The fraction of sp³-hybridized carbons (Fsp3) is 0.647. The molecule has 1 N–H and O–H groups in total. The second-order valence-electron chi connectivity index (χ2n) is 6.60. The van der Waals surface area contributed by atoms with Crippen LogP contribution in [0.4, 0.5) is 0 Å². The van der Waals surface area contributed by atoms with Gasteiger partial charge in [0.2, 0.25) is 0 Å². The van der Waals surface area contributed by atoms with E-state index in [0.717, 1.165) is 19.4 Å². The normalized spacial score (nSPS) is 32.5. The molecule has 1 aliphatic heterocycles. The van der Waals surface area contributed by atoms with Gasteiger partial charge in [-0.3, -0.25) is 0 Å². The molecule has 0 unspecified atom stereocenters. The number of aliphatic hydroxyl groups is 1. The first-order chi connectivity index (χ1) is 8.82. The zero-order valence-corrected chi connectivity index (χ0v) is 12.9. The molecule has 19 heavy (non-hydrogen) atoms.